The Balaban J connectivity index is 2.44. The summed E-state index contributed by atoms with van der Waals surface area (Å²) in [6.07, 6.45) is 5.50. The first-order chi connectivity index (χ1) is 12.8. The maximum Gasteiger partial charge on any atom is 0.0808 e. The molecule has 3 heteroatoms. The standard InChI is InChI=1S/C24H29N3/c1-7-25-16-15-23(20-11-13-22(14-12-20)26-18(2)3)27-24(5,6)21-10-8-9-19(4)17-21/h7-17,26H,2H2,1,3-6H3/b16-15-,25-7?,27-23?. The van der Waals surface area contributed by atoms with Crippen molar-refractivity contribution in [2.75, 3.05) is 5.32 Å². The van der Waals surface area contributed by atoms with Gasteiger partial charge in [0.05, 0.1) is 11.3 Å². The van der Waals surface area contributed by atoms with E-state index >= 15 is 0 Å². The largest absolute Gasteiger partial charge is 0.360 e. The van der Waals surface area contributed by atoms with Crippen LogP contribution in [0.2, 0.25) is 0 Å². The number of allylic oxidation sites excluding steroid dienone is 2. The molecule has 0 atom stereocenters. The predicted octanol–water partition coefficient (Wildman–Crippen LogP) is 6.27. The van der Waals surface area contributed by atoms with Crippen LogP contribution < -0.4 is 5.32 Å². The second-order valence-electron chi connectivity index (χ2n) is 7.13. The van der Waals surface area contributed by atoms with Crippen LogP contribution in [0.1, 0.15) is 44.4 Å². The van der Waals surface area contributed by atoms with Crippen molar-refractivity contribution in [2.24, 2.45) is 9.98 Å². The third kappa shape index (κ3) is 6.07. The van der Waals surface area contributed by atoms with Crippen LogP contribution in [0.4, 0.5) is 5.69 Å². The van der Waals surface area contributed by atoms with Crippen molar-refractivity contribution in [1.82, 2.24) is 0 Å². The molecule has 0 amide bonds. The van der Waals surface area contributed by atoms with Gasteiger partial charge in [-0.25, -0.2) is 0 Å². The molecule has 0 fully saturated rings. The Labute approximate surface area is 163 Å². The molecular weight excluding hydrogens is 330 g/mol. The number of nitrogens with one attached hydrogen (secondary N) is 1. The minimum atomic E-state index is -0.351. The Morgan fingerprint density at radius 2 is 1.81 bits per heavy atom. The van der Waals surface area contributed by atoms with Crippen molar-refractivity contribution < 1.29 is 0 Å². The number of hydrogen-bond donors (Lipinski definition) is 1. The molecule has 2 rings (SSSR count). The summed E-state index contributed by atoms with van der Waals surface area (Å²) in [5, 5.41) is 3.23. The molecular formula is C24H29N3. The lowest BCUT2D eigenvalue weighted by Crippen LogP contribution is -2.17. The highest BCUT2D eigenvalue weighted by atomic mass is 14.9. The van der Waals surface area contributed by atoms with Gasteiger partial charge in [-0.15, -0.1) is 0 Å². The Morgan fingerprint density at radius 3 is 2.41 bits per heavy atom. The normalized spacial score (nSPS) is 12.7. The summed E-state index contributed by atoms with van der Waals surface area (Å²) >= 11 is 0. The maximum atomic E-state index is 5.07. The van der Waals surface area contributed by atoms with E-state index in [4.69, 9.17) is 4.99 Å². The summed E-state index contributed by atoms with van der Waals surface area (Å²) in [6, 6.07) is 16.7. The SMILES string of the molecule is C=C(C)Nc1ccc(C(/C=C\N=CC)=NC(C)(C)c2cccc(C)c2)cc1. The summed E-state index contributed by atoms with van der Waals surface area (Å²) < 4.78 is 0. The molecule has 3 nitrogen and oxygen atoms in total. The van der Waals surface area contributed by atoms with E-state index in [0.29, 0.717) is 0 Å². The van der Waals surface area contributed by atoms with Crippen LogP contribution in [0.15, 0.2) is 83.1 Å². The monoisotopic (exact) mass is 359 g/mol. The van der Waals surface area contributed by atoms with Gasteiger partial charge in [0, 0.05) is 23.8 Å². The third-order valence-corrected chi connectivity index (χ3v) is 4.13. The molecule has 27 heavy (non-hydrogen) atoms. The Kier molecular flexibility index (Phi) is 6.89. The zero-order chi connectivity index (χ0) is 19.9. The van der Waals surface area contributed by atoms with E-state index in [2.05, 4.69) is 74.1 Å². The lowest BCUT2D eigenvalue weighted by atomic mass is 9.93. The number of benzene rings is 2. The average Bonchev–Trinajstić information content (AvgIpc) is 2.61. The molecule has 0 saturated carbocycles. The quantitative estimate of drug-likeness (QED) is 0.581. The van der Waals surface area contributed by atoms with Gasteiger partial charge in [0.15, 0.2) is 0 Å². The van der Waals surface area contributed by atoms with Crippen LogP contribution >= 0.6 is 0 Å². The van der Waals surface area contributed by atoms with E-state index in [1.54, 1.807) is 12.4 Å². The van der Waals surface area contributed by atoms with Gasteiger partial charge in [0.25, 0.3) is 0 Å². The lowest BCUT2D eigenvalue weighted by molar-refractivity contribution is 0.559. The van der Waals surface area contributed by atoms with E-state index in [1.165, 1.54) is 11.1 Å². The number of aryl methyl sites for hydroxylation is 1. The van der Waals surface area contributed by atoms with Crippen molar-refractivity contribution in [3.8, 4) is 0 Å². The first-order valence-corrected chi connectivity index (χ1v) is 9.16. The molecule has 2 aromatic rings. The Morgan fingerprint density at radius 1 is 1.11 bits per heavy atom. The van der Waals surface area contributed by atoms with Crippen LogP contribution in [0.5, 0.6) is 0 Å². The molecule has 2 aromatic carbocycles. The van der Waals surface area contributed by atoms with Gasteiger partial charge < -0.3 is 5.32 Å². The molecule has 0 spiro atoms. The van der Waals surface area contributed by atoms with Crippen LogP contribution in [0.3, 0.4) is 0 Å². The zero-order valence-electron chi connectivity index (χ0n) is 17.0. The number of anilines is 1. The third-order valence-electron chi connectivity index (χ3n) is 4.13. The molecule has 140 valence electrons. The predicted molar refractivity (Wildman–Crippen MR) is 119 cm³/mol. The average molecular weight is 360 g/mol. The van der Waals surface area contributed by atoms with E-state index in [1.807, 2.05) is 32.1 Å². The van der Waals surface area contributed by atoms with E-state index in [0.717, 1.165) is 22.7 Å². The second-order valence-corrected chi connectivity index (χ2v) is 7.13. The molecule has 0 aliphatic carbocycles. The smallest absolute Gasteiger partial charge is 0.0808 e. The topological polar surface area (TPSA) is 36.8 Å². The molecule has 0 aromatic heterocycles. The molecule has 1 N–H and O–H groups in total. The fraction of sp³-hybridized carbons (Fsp3) is 0.250. The summed E-state index contributed by atoms with van der Waals surface area (Å²) in [5.74, 6) is 0. The van der Waals surface area contributed by atoms with E-state index in [9.17, 15) is 0 Å². The van der Waals surface area contributed by atoms with Crippen molar-refractivity contribution in [3.63, 3.8) is 0 Å². The van der Waals surface area contributed by atoms with Gasteiger partial charge in [0.2, 0.25) is 0 Å². The second kappa shape index (κ2) is 9.13. The summed E-state index contributed by atoms with van der Waals surface area (Å²) in [5.41, 5.74) is 5.94. The molecule has 0 aliphatic heterocycles. The maximum absolute atomic E-state index is 5.07. The van der Waals surface area contributed by atoms with E-state index < -0.39 is 0 Å². The van der Waals surface area contributed by atoms with Gasteiger partial charge in [0.1, 0.15) is 0 Å². The van der Waals surface area contributed by atoms with Crippen molar-refractivity contribution in [2.45, 2.75) is 40.2 Å². The Hall–Kier alpha value is -2.94. The van der Waals surface area contributed by atoms with Crippen LogP contribution in [0.25, 0.3) is 0 Å². The first-order valence-electron chi connectivity index (χ1n) is 9.16. The van der Waals surface area contributed by atoms with Gasteiger partial charge in [-0.05, 0) is 64.0 Å². The van der Waals surface area contributed by atoms with E-state index in [-0.39, 0.29) is 5.54 Å². The molecule has 0 heterocycles. The molecule has 0 unspecified atom stereocenters. The van der Waals surface area contributed by atoms with Gasteiger partial charge >= 0.3 is 0 Å². The molecule has 0 radical (unpaired) electrons. The van der Waals surface area contributed by atoms with Gasteiger partial charge in [-0.2, -0.15) is 0 Å². The molecule has 0 saturated heterocycles. The molecule has 0 bridgehead atoms. The summed E-state index contributed by atoms with van der Waals surface area (Å²) in [4.78, 5) is 9.27. The van der Waals surface area contributed by atoms with Gasteiger partial charge in [-0.3, -0.25) is 9.98 Å². The number of nitrogens with zero attached hydrogens (tertiary/aromatic N) is 2. The highest BCUT2D eigenvalue weighted by Gasteiger charge is 2.20. The molecule has 0 aliphatic rings. The van der Waals surface area contributed by atoms with Crippen molar-refractivity contribution >= 4 is 17.6 Å². The first kappa shape index (κ1) is 20.4. The summed E-state index contributed by atoms with van der Waals surface area (Å²) in [6.45, 7) is 14.1. The fourth-order valence-corrected chi connectivity index (χ4v) is 2.76. The number of rotatable bonds is 7. The zero-order valence-corrected chi connectivity index (χ0v) is 17.0. The van der Waals surface area contributed by atoms with Crippen LogP contribution in [-0.4, -0.2) is 11.9 Å². The highest BCUT2D eigenvalue weighted by molar-refractivity contribution is 6.09. The number of hydrogen-bond acceptors (Lipinski definition) is 3. The van der Waals surface area contributed by atoms with Crippen molar-refractivity contribution in [1.29, 1.82) is 0 Å². The minimum absolute atomic E-state index is 0.351. The van der Waals surface area contributed by atoms with Gasteiger partial charge in [-0.1, -0.05) is 48.5 Å². The summed E-state index contributed by atoms with van der Waals surface area (Å²) in [7, 11) is 0. The minimum Gasteiger partial charge on any atom is -0.360 e. The fourth-order valence-electron chi connectivity index (χ4n) is 2.76. The lowest BCUT2D eigenvalue weighted by Gasteiger charge is -2.22. The van der Waals surface area contributed by atoms with Crippen LogP contribution in [0, 0.1) is 6.92 Å². The van der Waals surface area contributed by atoms with Crippen LogP contribution in [-0.2, 0) is 5.54 Å². The highest BCUT2D eigenvalue weighted by Crippen LogP contribution is 2.27. The Bertz CT molecular complexity index is 869. The van der Waals surface area contributed by atoms with Crippen molar-refractivity contribution in [3.05, 3.63) is 89.8 Å². The number of aliphatic imine (C=N–C) groups is 2.